The van der Waals surface area contributed by atoms with Crippen molar-refractivity contribution in [3.63, 3.8) is 0 Å². The molecule has 2 aliphatic rings. The Balaban J connectivity index is 1.59. The molecule has 0 aliphatic heterocycles. The molecule has 0 saturated heterocycles. The highest BCUT2D eigenvalue weighted by atomic mass is 79.9. The van der Waals surface area contributed by atoms with Gasteiger partial charge in [-0.05, 0) is 59.2 Å². The van der Waals surface area contributed by atoms with Gasteiger partial charge >= 0.3 is 0 Å². The van der Waals surface area contributed by atoms with Gasteiger partial charge in [0.05, 0.1) is 16.2 Å². The molecule has 4 atom stereocenters. The number of hydrogen-bond acceptors (Lipinski definition) is 3. The summed E-state index contributed by atoms with van der Waals surface area (Å²) >= 11 is 5.09. The number of rotatable bonds is 3. The van der Waals surface area contributed by atoms with Crippen LogP contribution in [0.5, 0.6) is 0 Å². The molecule has 1 aromatic heterocycles. The summed E-state index contributed by atoms with van der Waals surface area (Å²) in [4.78, 5) is 13.4. The van der Waals surface area contributed by atoms with Gasteiger partial charge in [-0.2, -0.15) is 0 Å². The second-order valence-corrected chi connectivity index (χ2v) is 7.91. The van der Waals surface area contributed by atoms with Crippen LogP contribution in [0.1, 0.15) is 24.1 Å². The van der Waals surface area contributed by atoms with Gasteiger partial charge in [0, 0.05) is 10.9 Å². The first-order valence-electron chi connectivity index (χ1n) is 6.42. The zero-order valence-electron chi connectivity index (χ0n) is 10.1. The van der Waals surface area contributed by atoms with Crippen molar-refractivity contribution >= 4 is 33.2 Å². The third-order valence-electron chi connectivity index (χ3n) is 4.35. The first kappa shape index (κ1) is 12.6. The molecule has 0 spiro atoms. The highest BCUT2D eigenvalue weighted by molar-refractivity contribution is 9.11. The van der Waals surface area contributed by atoms with E-state index in [9.17, 15) is 4.79 Å². The van der Waals surface area contributed by atoms with E-state index in [1.54, 1.807) is 11.3 Å². The molecule has 3 N–H and O–H groups in total. The minimum Gasteiger partial charge on any atom is -0.351 e. The van der Waals surface area contributed by atoms with E-state index in [1.807, 2.05) is 12.1 Å². The van der Waals surface area contributed by atoms with Gasteiger partial charge in [0.2, 0.25) is 5.91 Å². The van der Waals surface area contributed by atoms with Crippen LogP contribution in [0.4, 0.5) is 0 Å². The van der Waals surface area contributed by atoms with Crippen LogP contribution in [-0.4, -0.2) is 11.9 Å². The summed E-state index contributed by atoms with van der Waals surface area (Å²) in [6.45, 7) is 0.621. The van der Waals surface area contributed by atoms with Crippen LogP contribution in [0.25, 0.3) is 0 Å². The second kappa shape index (κ2) is 4.94. The Hall–Kier alpha value is -0.390. The van der Waals surface area contributed by atoms with E-state index in [0.717, 1.165) is 10.2 Å². The SMILES string of the molecule is NC1C2CCC(C2)C1C(=O)NCc1ccc(Br)s1. The van der Waals surface area contributed by atoms with Gasteiger partial charge < -0.3 is 11.1 Å². The number of carbonyl (C=O) groups is 1. The van der Waals surface area contributed by atoms with E-state index in [2.05, 4.69) is 21.2 Å². The van der Waals surface area contributed by atoms with Crippen LogP contribution in [0.15, 0.2) is 15.9 Å². The molecule has 2 bridgehead atoms. The number of fused-ring (bicyclic) bond motifs is 2. The minimum absolute atomic E-state index is 0.0483. The van der Waals surface area contributed by atoms with Crippen molar-refractivity contribution < 1.29 is 4.79 Å². The molecule has 2 saturated carbocycles. The average Bonchev–Trinajstić information content (AvgIpc) is 3.02. The Morgan fingerprint density at radius 1 is 1.44 bits per heavy atom. The number of hydrogen-bond donors (Lipinski definition) is 2. The number of carbonyl (C=O) groups excluding carboxylic acids is 1. The third-order valence-corrected chi connectivity index (χ3v) is 5.97. The lowest BCUT2D eigenvalue weighted by Crippen LogP contribution is -2.45. The fourth-order valence-corrected chi connectivity index (χ4v) is 4.89. The van der Waals surface area contributed by atoms with Crippen molar-refractivity contribution in [3.8, 4) is 0 Å². The van der Waals surface area contributed by atoms with Crippen LogP contribution in [0, 0.1) is 17.8 Å². The van der Waals surface area contributed by atoms with Crippen molar-refractivity contribution in [2.75, 3.05) is 0 Å². The molecule has 2 fully saturated rings. The van der Waals surface area contributed by atoms with Crippen LogP contribution in [0.2, 0.25) is 0 Å². The van der Waals surface area contributed by atoms with E-state index in [-0.39, 0.29) is 17.9 Å². The van der Waals surface area contributed by atoms with Gasteiger partial charge in [-0.1, -0.05) is 0 Å². The number of amides is 1. The van der Waals surface area contributed by atoms with Crippen molar-refractivity contribution in [1.29, 1.82) is 0 Å². The minimum atomic E-state index is 0.0483. The van der Waals surface area contributed by atoms with Gasteiger partial charge in [0.1, 0.15) is 0 Å². The molecule has 0 aromatic carbocycles. The van der Waals surface area contributed by atoms with E-state index >= 15 is 0 Å². The zero-order chi connectivity index (χ0) is 12.7. The standard InChI is InChI=1S/C13H17BrN2OS/c14-10-4-3-9(18-10)6-16-13(17)11-7-1-2-8(5-7)12(11)15/h3-4,7-8,11-12H,1-2,5-6,15H2,(H,16,17). The Morgan fingerprint density at radius 2 is 2.22 bits per heavy atom. The molecule has 1 heterocycles. The smallest absolute Gasteiger partial charge is 0.225 e. The lowest BCUT2D eigenvalue weighted by Gasteiger charge is -2.26. The zero-order valence-corrected chi connectivity index (χ0v) is 12.5. The van der Waals surface area contributed by atoms with E-state index in [0.29, 0.717) is 18.4 Å². The van der Waals surface area contributed by atoms with Crippen LogP contribution in [0.3, 0.4) is 0 Å². The second-order valence-electron chi connectivity index (χ2n) is 5.36. The fraction of sp³-hybridized carbons (Fsp3) is 0.615. The lowest BCUT2D eigenvalue weighted by molar-refractivity contribution is -0.127. The Kier molecular flexibility index (Phi) is 3.47. The van der Waals surface area contributed by atoms with Crippen molar-refractivity contribution in [1.82, 2.24) is 5.32 Å². The molecule has 3 nitrogen and oxygen atoms in total. The van der Waals surface area contributed by atoms with Gasteiger partial charge in [-0.15, -0.1) is 11.3 Å². The maximum atomic E-state index is 12.2. The summed E-state index contributed by atoms with van der Waals surface area (Å²) in [7, 11) is 0. The number of nitrogens with one attached hydrogen (secondary N) is 1. The maximum absolute atomic E-state index is 12.2. The highest BCUT2D eigenvalue weighted by Gasteiger charge is 2.48. The fourth-order valence-electron chi connectivity index (χ4n) is 3.46. The van der Waals surface area contributed by atoms with Gasteiger partial charge in [0.25, 0.3) is 0 Å². The molecule has 0 radical (unpaired) electrons. The molecule has 1 aromatic rings. The molecule has 3 rings (SSSR count). The third kappa shape index (κ3) is 2.24. The maximum Gasteiger partial charge on any atom is 0.225 e. The van der Waals surface area contributed by atoms with Gasteiger partial charge in [-0.3, -0.25) is 4.79 Å². The van der Waals surface area contributed by atoms with Crippen LogP contribution < -0.4 is 11.1 Å². The van der Waals surface area contributed by atoms with Crippen molar-refractivity contribution in [2.45, 2.75) is 31.8 Å². The molecule has 98 valence electrons. The average molecular weight is 329 g/mol. The van der Waals surface area contributed by atoms with E-state index in [1.165, 1.54) is 17.7 Å². The summed E-state index contributed by atoms with van der Waals surface area (Å²) in [5.74, 6) is 1.31. The molecule has 2 aliphatic carbocycles. The Bertz CT molecular complexity index is 460. The molecule has 4 unspecified atom stereocenters. The molecule has 5 heteroatoms. The molecule has 1 amide bonds. The number of nitrogens with two attached hydrogens (primary N) is 1. The van der Waals surface area contributed by atoms with Crippen LogP contribution >= 0.6 is 27.3 Å². The quantitative estimate of drug-likeness (QED) is 0.895. The normalized spacial score (nSPS) is 33.9. The van der Waals surface area contributed by atoms with Crippen LogP contribution in [-0.2, 0) is 11.3 Å². The summed E-state index contributed by atoms with van der Waals surface area (Å²) in [5.41, 5.74) is 6.17. The number of thiophene rings is 1. The lowest BCUT2D eigenvalue weighted by atomic mass is 9.84. The van der Waals surface area contributed by atoms with Crippen molar-refractivity contribution in [2.24, 2.45) is 23.5 Å². The Labute approximate surface area is 119 Å². The highest BCUT2D eigenvalue weighted by Crippen LogP contribution is 2.47. The predicted octanol–water partition coefficient (Wildman–Crippen LogP) is 2.50. The summed E-state index contributed by atoms with van der Waals surface area (Å²) < 4.78 is 1.10. The van der Waals surface area contributed by atoms with Gasteiger partial charge in [0.15, 0.2) is 0 Å². The van der Waals surface area contributed by atoms with E-state index < -0.39 is 0 Å². The first-order chi connectivity index (χ1) is 8.65. The summed E-state index contributed by atoms with van der Waals surface area (Å²) in [6, 6.07) is 4.13. The van der Waals surface area contributed by atoms with E-state index in [4.69, 9.17) is 5.73 Å². The summed E-state index contributed by atoms with van der Waals surface area (Å²) in [6.07, 6.45) is 3.55. The predicted molar refractivity (Wildman–Crippen MR) is 76.2 cm³/mol. The monoisotopic (exact) mass is 328 g/mol. The largest absolute Gasteiger partial charge is 0.351 e. The summed E-state index contributed by atoms with van der Waals surface area (Å²) in [5, 5.41) is 3.04. The topological polar surface area (TPSA) is 55.1 Å². The molecular weight excluding hydrogens is 312 g/mol. The van der Waals surface area contributed by atoms with Gasteiger partial charge in [-0.25, -0.2) is 0 Å². The Morgan fingerprint density at radius 3 is 2.83 bits per heavy atom. The first-order valence-corrected chi connectivity index (χ1v) is 8.03. The molecular formula is C13H17BrN2OS. The van der Waals surface area contributed by atoms with Crippen molar-refractivity contribution in [3.05, 3.63) is 20.8 Å². The molecule has 18 heavy (non-hydrogen) atoms. The number of halogens is 1.